The van der Waals surface area contributed by atoms with Crippen LogP contribution in [0.3, 0.4) is 0 Å². The van der Waals surface area contributed by atoms with E-state index in [0.29, 0.717) is 17.4 Å². The number of carbonyl (C=O) groups is 1. The van der Waals surface area contributed by atoms with E-state index in [9.17, 15) is 4.79 Å². The summed E-state index contributed by atoms with van der Waals surface area (Å²) in [5, 5.41) is 5.99. The van der Waals surface area contributed by atoms with E-state index in [1.165, 1.54) is 25.7 Å². The molecule has 0 saturated heterocycles. The third-order valence-corrected chi connectivity index (χ3v) is 5.15. The molecule has 2 fully saturated rings. The lowest BCUT2D eigenvalue weighted by Crippen LogP contribution is -2.42. The van der Waals surface area contributed by atoms with Gasteiger partial charge in [0.25, 0.3) is 0 Å². The van der Waals surface area contributed by atoms with Crippen molar-refractivity contribution in [1.82, 2.24) is 5.32 Å². The molecule has 114 valence electrons. The van der Waals surface area contributed by atoms with Gasteiger partial charge in [-0.1, -0.05) is 18.6 Å². The van der Waals surface area contributed by atoms with Crippen molar-refractivity contribution in [2.45, 2.75) is 38.6 Å². The summed E-state index contributed by atoms with van der Waals surface area (Å²) in [7, 11) is 1.61. The Bertz CT molecular complexity index is 517. The van der Waals surface area contributed by atoms with Crippen molar-refractivity contribution >= 4 is 11.7 Å². The summed E-state index contributed by atoms with van der Waals surface area (Å²) < 4.78 is 5.25. The van der Waals surface area contributed by atoms with E-state index >= 15 is 0 Å². The quantitative estimate of drug-likeness (QED) is 0.888. The molecule has 0 aliphatic heterocycles. The van der Waals surface area contributed by atoms with E-state index < -0.39 is 0 Å². The predicted molar refractivity (Wildman–Crippen MR) is 83.5 cm³/mol. The molecule has 2 bridgehead atoms. The van der Waals surface area contributed by atoms with Crippen LogP contribution in [-0.4, -0.2) is 19.2 Å². The van der Waals surface area contributed by atoms with Crippen LogP contribution in [-0.2, 0) is 0 Å². The Morgan fingerprint density at radius 1 is 1.29 bits per heavy atom. The molecule has 3 rings (SSSR count). The largest absolute Gasteiger partial charge is 0.495 e. The highest BCUT2D eigenvalue weighted by Gasteiger charge is 2.42. The van der Waals surface area contributed by atoms with E-state index in [-0.39, 0.29) is 12.1 Å². The van der Waals surface area contributed by atoms with Crippen LogP contribution in [0.2, 0.25) is 0 Å². The minimum Gasteiger partial charge on any atom is -0.495 e. The summed E-state index contributed by atoms with van der Waals surface area (Å²) in [5.74, 6) is 3.05. The van der Waals surface area contributed by atoms with E-state index in [1.54, 1.807) is 7.11 Å². The number of hydrogen-bond acceptors (Lipinski definition) is 2. The first-order chi connectivity index (χ1) is 10.2. The minimum absolute atomic E-state index is 0.144. The summed E-state index contributed by atoms with van der Waals surface area (Å²) in [6.45, 7) is 2.13. The maximum absolute atomic E-state index is 12.2. The third-order valence-electron chi connectivity index (χ3n) is 5.15. The van der Waals surface area contributed by atoms with Gasteiger partial charge in [-0.2, -0.15) is 0 Å². The summed E-state index contributed by atoms with van der Waals surface area (Å²) in [6.07, 6.45) is 5.38. The number of anilines is 1. The zero-order chi connectivity index (χ0) is 14.8. The third kappa shape index (κ3) is 2.99. The molecule has 4 nitrogen and oxygen atoms in total. The molecule has 0 unspecified atom stereocenters. The Morgan fingerprint density at radius 3 is 2.76 bits per heavy atom. The number of urea groups is 1. The smallest absolute Gasteiger partial charge is 0.319 e. The molecule has 2 amide bonds. The molecule has 0 aromatic heterocycles. The predicted octanol–water partition coefficient (Wildman–Crippen LogP) is 3.64. The van der Waals surface area contributed by atoms with Crippen LogP contribution in [0.25, 0.3) is 0 Å². The summed E-state index contributed by atoms with van der Waals surface area (Å²) in [5.41, 5.74) is 0.706. The van der Waals surface area contributed by atoms with Crippen LogP contribution < -0.4 is 15.4 Å². The molecular weight excluding hydrogens is 264 g/mol. The number of para-hydroxylation sites is 2. The normalized spacial score (nSPS) is 28.2. The van der Waals surface area contributed by atoms with E-state index in [2.05, 4.69) is 17.6 Å². The molecule has 1 aromatic rings. The number of hydrogen-bond donors (Lipinski definition) is 2. The first-order valence-electron chi connectivity index (χ1n) is 7.88. The molecule has 2 N–H and O–H groups in total. The standard InChI is InChI=1S/C17H24N2O2/c1-11(14-10-12-7-8-13(14)9-12)18-17(20)19-15-5-3-4-6-16(15)21-2/h3-6,11-14H,7-10H2,1-2H3,(H2,18,19,20)/t11-,12-,13-,14-/m0/s1. The van der Waals surface area contributed by atoms with Gasteiger partial charge in [-0.05, 0) is 56.1 Å². The van der Waals surface area contributed by atoms with Crippen LogP contribution in [0.4, 0.5) is 10.5 Å². The van der Waals surface area contributed by atoms with Gasteiger partial charge in [0.15, 0.2) is 0 Å². The second-order valence-corrected chi connectivity index (χ2v) is 6.43. The topological polar surface area (TPSA) is 50.4 Å². The fourth-order valence-electron chi connectivity index (χ4n) is 4.13. The lowest BCUT2D eigenvalue weighted by Gasteiger charge is -2.28. The highest BCUT2D eigenvalue weighted by Crippen LogP contribution is 2.49. The molecule has 0 spiro atoms. The molecule has 2 aliphatic rings. The number of benzene rings is 1. The number of ether oxygens (including phenoxy) is 1. The van der Waals surface area contributed by atoms with Crippen LogP contribution in [0, 0.1) is 17.8 Å². The van der Waals surface area contributed by atoms with Gasteiger partial charge in [0.1, 0.15) is 5.75 Å². The van der Waals surface area contributed by atoms with Crippen molar-refractivity contribution in [3.63, 3.8) is 0 Å². The van der Waals surface area contributed by atoms with Crippen molar-refractivity contribution in [2.24, 2.45) is 17.8 Å². The highest BCUT2D eigenvalue weighted by atomic mass is 16.5. The molecular formula is C17H24N2O2. The van der Waals surface area contributed by atoms with Gasteiger partial charge in [-0.3, -0.25) is 0 Å². The van der Waals surface area contributed by atoms with E-state index in [4.69, 9.17) is 4.74 Å². The SMILES string of the molecule is COc1ccccc1NC(=O)N[C@@H](C)[C@@H]1C[C@H]2CC[C@H]1C2. The molecule has 1 aromatic carbocycles. The monoisotopic (exact) mass is 288 g/mol. The average molecular weight is 288 g/mol. The summed E-state index contributed by atoms with van der Waals surface area (Å²) in [6, 6.07) is 7.55. The van der Waals surface area contributed by atoms with Crippen LogP contribution in [0.5, 0.6) is 5.75 Å². The second kappa shape index (κ2) is 5.96. The number of methoxy groups -OCH3 is 1. The van der Waals surface area contributed by atoms with Gasteiger partial charge in [0.05, 0.1) is 12.8 Å². The molecule has 4 atom stereocenters. The lowest BCUT2D eigenvalue weighted by atomic mass is 9.84. The fourth-order valence-corrected chi connectivity index (χ4v) is 4.13. The first-order valence-corrected chi connectivity index (χ1v) is 7.88. The number of rotatable bonds is 4. The van der Waals surface area contributed by atoms with Crippen molar-refractivity contribution < 1.29 is 9.53 Å². The van der Waals surface area contributed by atoms with Crippen molar-refractivity contribution in [1.29, 1.82) is 0 Å². The van der Waals surface area contributed by atoms with Gasteiger partial charge in [-0.25, -0.2) is 4.79 Å². The van der Waals surface area contributed by atoms with Crippen LogP contribution in [0.15, 0.2) is 24.3 Å². The number of nitrogens with one attached hydrogen (secondary N) is 2. The van der Waals surface area contributed by atoms with Crippen molar-refractivity contribution in [3.8, 4) is 5.75 Å². The Balaban J connectivity index is 1.56. The molecule has 2 aliphatic carbocycles. The van der Waals surface area contributed by atoms with Crippen molar-refractivity contribution in [2.75, 3.05) is 12.4 Å². The Labute approximate surface area is 126 Å². The zero-order valence-electron chi connectivity index (χ0n) is 12.8. The van der Waals surface area contributed by atoms with E-state index in [1.807, 2.05) is 24.3 Å². The van der Waals surface area contributed by atoms with Gasteiger partial charge in [0, 0.05) is 6.04 Å². The summed E-state index contributed by atoms with van der Waals surface area (Å²) in [4.78, 5) is 12.2. The molecule has 4 heteroatoms. The van der Waals surface area contributed by atoms with E-state index in [0.717, 1.165) is 11.8 Å². The first kappa shape index (κ1) is 14.2. The number of amides is 2. The average Bonchev–Trinajstić information content (AvgIpc) is 3.10. The van der Waals surface area contributed by atoms with Gasteiger partial charge in [0.2, 0.25) is 0 Å². The zero-order valence-corrected chi connectivity index (χ0v) is 12.8. The van der Waals surface area contributed by atoms with Crippen LogP contribution >= 0.6 is 0 Å². The summed E-state index contributed by atoms with van der Waals surface area (Å²) >= 11 is 0. The van der Waals surface area contributed by atoms with Gasteiger partial charge in [-0.15, -0.1) is 0 Å². The van der Waals surface area contributed by atoms with Crippen molar-refractivity contribution in [3.05, 3.63) is 24.3 Å². The molecule has 21 heavy (non-hydrogen) atoms. The van der Waals surface area contributed by atoms with Crippen LogP contribution in [0.1, 0.15) is 32.6 Å². The Kier molecular flexibility index (Phi) is 4.04. The fraction of sp³-hybridized carbons (Fsp3) is 0.588. The Morgan fingerprint density at radius 2 is 2.10 bits per heavy atom. The lowest BCUT2D eigenvalue weighted by molar-refractivity contribution is 0.230. The maximum atomic E-state index is 12.2. The van der Waals surface area contributed by atoms with Gasteiger partial charge >= 0.3 is 6.03 Å². The Hall–Kier alpha value is -1.71. The highest BCUT2D eigenvalue weighted by molar-refractivity contribution is 5.91. The number of fused-ring (bicyclic) bond motifs is 2. The molecule has 0 heterocycles. The van der Waals surface area contributed by atoms with Gasteiger partial charge < -0.3 is 15.4 Å². The maximum Gasteiger partial charge on any atom is 0.319 e. The molecule has 2 saturated carbocycles. The number of carbonyl (C=O) groups excluding carboxylic acids is 1. The minimum atomic E-state index is -0.144. The second-order valence-electron chi connectivity index (χ2n) is 6.43. The molecule has 0 radical (unpaired) electrons.